The zero-order valence-corrected chi connectivity index (χ0v) is 33.3. The molecule has 0 spiro atoms. The van der Waals surface area contributed by atoms with Crippen molar-refractivity contribution in [2.75, 3.05) is 98.7 Å². The van der Waals surface area contributed by atoms with Gasteiger partial charge in [-0.05, 0) is 71.8 Å². The van der Waals surface area contributed by atoms with Crippen LogP contribution in [-0.2, 0) is 14.2 Å². The van der Waals surface area contributed by atoms with Crippen molar-refractivity contribution in [3.63, 3.8) is 0 Å². The Bertz CT molecular complexity index is 2090. The zero-order chi connectivity index (χ0) is 42.9. The van der Waals surface area contributed by atoms with Crippen LogP contribution in [0.5, 0.6) is 0 Å². The second-order valence-corrected chi connectivity index (χ2v) is 14.5. The van der Waals surface area contributed by atoms with E-state index in [1.54, 1.807) is 10.0 Å². The Hall–Kier alpha value is -6.82. The van der Waals surface area contributed by atoms with Crippen LogP contribution in [0.3, 0.4) is 0 Å². The van der Waals surface area contributed by atoms with Crippen LogP contribution >= 0.6 is 0 Å². The molecule has 0 amide bonds. The third-order valence-corrected chi connectivity index (χ3v) is 10.5. The van der Waals surface area contributed by atoms with Crippen molar-refractivity contribution in [1.82, 2.24) is 0 Å². The quantitative estimate of drug-likeness (QED) is 0.164. The number of carbonyl (C=O) groups is 4. The average molecular weight is 835 g/mol. The normalized spacial score (nSPS) is 17.0. The highest BCUT2D eigenvalue weighted by atomic mass is 16.5. The van der Waals surface area contributed by atoms with Crippen LogP contribution in [0.4, 0.5) is 22.7 Å². The Labute approximate surface area is 351 Å². The van der Waals surface area contributed by atoms with Gasteiger partial charge in [0.05, 0.1) is 84.7 Å². The van der Waals surface area contributed by atoms with Gasteiger partial charge in [0, 0.05) is 63.5 Å². The highest BCUT2D eigenvalue weighted by Gasteiger charge is 2.23. The molecule has 4 N–H and O–H groups in total. The van der Waals surface area contributed by atoms with Crippen LogP contribution in [0.1, 0.15) is 65.4 Å². The lowest BCUT2D eigenvalue weighted by molar-refractivity contribution is 0.0530. The monoisotopic (exact) mass is 834 g/mol. The maximum atomic E-state index is 11.6. The van der Waals surface area contributed by atoms with Gasteiger partial charge in [-0.25, -0.2) is 19.2 Å². The van der Waals surface area contributed by atoms with E-state index in [4.69, 9.17) is 24.4 Å². The van der Waals surface area contributed by atoms with E-state index >= 15 is 0 Å². The number of hydrogen-bond acceptors (Lipinski definition) is 13. The molecule has 318 valence electrons. The molecule has 7 rings (SSSR count). The standard InChI is InChI=1S/C44H46N6O11/c51-41(52)31-23-32(42(53)54)26-37(25-31)49-11-9-39(45-49)29-1-5-35(6-2-29)47-13-17-59-18-14-48(16-20-61-22-21-60-19-15-47)36-7-3-30(4-8-36)40-10-12-50(46-40)38-27-33(43(55)56)24-34(28-38)44(57)58/h1-8,23-28H,9-22H2,(H,51,52)(H,53,54)(H,55,56)(H,57,58). The van der Waals surface area contributed by atoms with Crippen LogP contribution < -0.4 is 19.8 Å². The minimum absolute atomic E-state index is 0.114. The molecule has 0 radical (unpaired) electrons. The summed E-state index contributed by atoms with van der Waals surface area (Å²) in [5.41, 5.74) is 5.77. The van der Waals surface area contributed by atoms with Crippen LogP contribution in [0.2, 0.25) is 0 Å². The molecular formula is C44H46N6O11. The molecule has 3 aliphatic heterocycles. The lowest BCUT2D eigenvalue weighted by Crippen LogP contribution is -2.33. The summed E-state index contributed by atoms with van der Waals surface area (Å²) in [6.07, 6.45) is 1.21. The van der Waals surface area contributed by atoms with Crippen molar-refractivity contribution in [1.29, 1.82) is 0 Å². The molecule has 3 aliphatic rings. The summed E-state index contributed by atoms with van der Waals surface area (Å²) in [5, 5.41) is 50.7. The molecule has 0 saturated carbocycles. The highest BCUT2D eigenvalue weighted by molar-refractivity contribution is 6.04. The molecule has 1 fully saturated rings. The van der Waals surface area contributed by atoms with Gasteiger partial charge >= 0.3 is 23.9 Å². The van der Waals surface area contributed by atoms with Crippen LogP contribution in [0, 0.1) is 0 Å². The highest BCUT2D eigenvalue weighted by Crippen LogP contribution is 2.28. The van der Waals surface area contributed by atoms with Gasteiger partial charge in [-0.15, -0.1) is 0 Å². The van der Waals surface area contributed by atoms with E-state index in [0.717, 1.165) is 46.1 Å². The van der Waals surface area contributed by atoms with Crippen molar-refractivity contribution in [3.05, 3.63) is 118 Å². The number of carboxylic acids is 4. The maximum absolute atomic E-state index is 11.6. The van der Waals surface area contributed by atoms with E-state index < -0.39 is 23.9 Å². The third kappa shape index (κ3) is 10.7. The van der Waals surface area contributed by atoms with Gasteiger partial charge in [-0.1, -0.05) is 24.3 Å². The van der Waals surface area contributed by atoms with Gasteiger partial charge in [-0.3, -0.25) is 10.0 Å². The fourth-order valence-electron chi connectivity index (χ4n) is 7.30. The first-order valence-corrected chi connectivity index (χ1v) is 19.9. The predicted octanol–water partition coefficient (Wildman–Crippen LogP) is 5.08. The number of ether oxygens (including phenoxy) is 3. The van der Waals surface area contributed by atoms with Crippen LogP contribution in [-0.4, -0.2) is 135 Å². The lowest BCUT2D eigenvalue weighted by Gasteiger charge is -2.26. The van der Waals surface area contributed by atoms with Crippen molar-refractivity contribution >= 4 is 58.1 Å². The lowest BCUT2D eigenvalue weighted by atomic mass is 10.1. The molecule has 4 aromatic rings. The summed E-state index contributed by atoms with van der Waals surface area (Å²) in [6.45, 7) is 6.39. The first-order chi connectivity index (χ1) is 29.5. The molecule has 0 atom stereocenters. The number of benzene rings is 4. The van der Waals surface area contributed by atoms with Gasteiger partial charge in [0.1, 0.15) is 0 Å². The third-order valence-electron chi connectivity index (χ3n) is 10.5. The van der Waals surface area contributed by atoms with Crippen molar-refractivity contribution in [2.24, 2.45) is 10.2 Å². The summed E-state index contributed by atoms with van der Waals surface area (Å²) >= 11 is 0. The van der Waals surface area contributed by atoms with E-state index in [1.807, 2.05) is 48.5 Å². The number of carboxylic acid groups (broad SMARTS) is 4. The smallest absolute Gasteiger partial charge is 0.335 e. The second kappa shape index (κ2) is 19.5. The summed E-state index contributed by atoms with van der Waals surface area (Å²) < 4.78 is 18.0. The Morgan fingerprint density at radius 3 is 1.03 bits per heavy atom. The Morgan fingerprint density at radius 1 is 0.410 bits per heavy atom. The molecule has 1 saturated heterocycles. The molecule has 4 aromatic carbocycles. The molecule has 0 aromatic heterocycles. The molecule has 61 heavy (non-hydrogen) atoms. The first kappa shape index (κ1) is 42.3. The number of anilines is 4. The van der Waals surface area contributed by atoms with Crippen molar-refractivity contribution in [2.45, 2.75) is 12.8 Å². The van der Waals surface area contributed by atoms with E-state index in [9.17, 15) is 39.6 Å². The molecule has 0 aliphatic carbocycles. The zero-order valence-electron chi connectivity index (χ0n) is 33.3. The van der Waals surface area contributed by atoms with Gasteiger partial charge in [0.2, 0.25) is 0 Å². The topological polar surface area (TPSA) is 215 Å². The number of hydrazone groups is 2. The largest absolute Gasteiger partial charge is 0.478 e. The summed E-state index contributed by atoms with van der Waals surface area (Å²) in [6, 6.07) is 24.1. The van der Waals surface area contributed by atoms with Gasteiger partial charge < -0.3 is 44.4 Å². The second-order valence-electron chi connectivity index (χ2n) is 14.5. The van der Waals surface area contributed by atoms with E-state index in [0.29, 0.717) is 103 Å². The summed E-state index contributed by atoms with van der Waals surface area (Å²) in [7, 11) is 0. The van der Waals surface area contributed by atoms with Crippen molar-refractivity contribution < 1.29 is 53.8 Å². The minimum Gasteiger partial charge on any atom is -0.478 e. The number of aromatic carboxylic acids is 4. The number of nitrogens with zero attached hydrogens (tertiary/aromatic N) is 6. The fourth-order valence-corrected chi connectivity index (χ4v) is 7.30. The molecule has 17 heteroatoms. The molecule has 3 heterocycles. The van der Waals surface area contributed by atoms with Gasteiger partial charge in [-0.2, -0.15) is 10.2 Å². The fraction of sp³-hybridized carbons (Fsp3) is 0.318. The average Bonchev–Trinajstić information content (AvgIpc) is 3.97. The van der Waals surface area contributed by atoms with Crippen molar-refractivity contribution in [3.8, 4) is 0 Å². The minimum atomic E-state index is -1.21. The molecule has 0 bridgehead atoms. The summed E-state index contributed by atoms with van der Waals surface area (Å²) in [5.74, 6) is -4.84. The molecule has 0 unspecified atom stereocenters. The number of hydrogen-bond donors (Lipinski definition) is 4. The van der Waals surface area contributed by atoms with E-state index in [-0.39, 0.29) is 22.3 Å². The van der Waals surface area contributed by atoms with Crippen LogP contribution in [0.25, 0.3) is 0 Å². The Morgan fingerprint density at radius 2 is 0.721 bits per heavy atom. The van der Waals surface area contributed by atoms with Gasteiger partial charge in [0.15, 0.2) is 0 Å². The van der Waals surface area contributed by atoms with E-state index in [1.165, 1.54) is 24.3 Å². The van der Waals surface area contributed by atoms with Crippen LogP contribution in [0.15, 0.2) is 95.1 Å². The van der Waals surface area contributed by atoms with E-state index in [2.05, 4.69) is 9.80 Å². The SMILES string of the molecule is O=C(O)c1cc(C(=O)O)cc(N2CCC(c3ccc(N4CCOCCOCCN(c5ccc(C6=NN(c7cc(C(=O)O)cc(C(=O)O)c7)CC6)cc5)CCOCC4)cc3)=N2)c1. The van der Waals surface area contributed by atoms with Gasteiger partial charge in [0.25, 0.3) is 0 Å². The maximum Gasteiger partial charge on any atom is 0.335 e. The molecular weight excluding hydrogens is 789 g/mol. The molecule has 17 nitrogen and oxygen atoms in total. The summed E-state index contributed by atoms with van der Waals surface area (Å²) in [4.78, 5) is 50.9. The number of rotatable bonds is 10. The predicted molar refractivity (Wildman–Crippen MR) is 227 cm³/mol. The Kier molecular flexibility index (Phi) is 13.5. The first-order valence-electron chi connectivity index (χ1n) is 19.9. The Balaban J connectivity index is 0.962.